The lowest BCUT2D eigenvalue weighted by Crippen LogP contribution is -2.05. The Kier molecular flexibility index (Phi) is 3.88. The molecular weight excluding hydrogens is 278 g/mol. The fourth-order valence-corrected chi connectivity index (χ4v) is 1.96. The number of aromatic nitrogens is 2. The van der Waals surface area contributed by atoms with Crippen LogP contribution in [0.15, 0.2) is 24.3 Å². The Labute approximate surface area is 119 Å². The van der Waals surface area contributed by atoms with Crippen molar-refractivity contribution in [2.75, 3.05) is 7.11 Å². The molecule has 1 N–H and O–H groups in total. The van der Waals surface area contributed by atoms with Gasteiger partial charge in [0.15, 0.2) is 0 Å². The highest BCUT2D eigenvalue weighted by Crippen LogP contribution is 2.23. The van der Waals surface area contributed by atoms with Gasteiger partial charge in [0.1, 0.15) is 11.4 Å². The first-order valence-corrected chi connectivity index (χ1v) is 6.02. The van der Waals surface area contributed by atoms with Gasteiger partial charge >= 0.3 is 11.7 Å². The Morgan fingerprint density at radius 3 is 2.48 bits per heavy atom. The molecule has 110 valence electrons. The molecule has 0 saturated heterocycles. The van der Waals surface area contributed by atoms with E-state index in [1.165, 1.54) is 11.6 Å². The second kappa shape index (κ2) is 5.61. The number of hydrogen-bond donors (Lipinski definition) is 1. The Bertz CT molecular complexity index is 691. The van der Waals surface area contributed by atoms with Crippen molar-refractivity contribution in [3.05, 3.63) is 51.3 Å². The monoisotopic (exact) mass is 291 g/mol. The van der Waals surface area contributed by atoms with Crippen LogP contribution in [-0.2, 0) is 6.54 Å². The third-order valence-corrected chi connectivity index (χ3v) is 3.05. The van der Waals surface area contributed by atoms with Crippen LogP contribution in [0.2, 0.25) is 0 Å². The van der Waals surface area contributed by atoms with Gasteiger partial charge in [-0.1, -0.05) is 12.1 Å². The van der Waals surface area contributed by atoms with E-state index in [9.17, 15) is 14.9 Å². The molecule has 0 aliphatic rings. The van der Waals surface area contributed by atoms with Gasteiger partial charge in [-0.2, -0.15) is 5.10 Å². The van der Waals surface area contributed by atoms with Gasteiger partial charge in [-0.15, -0.1) is 0 Å². The first-order valence-electron chi connectivity index (χ1n) is 6.02. The first-order chi connectivity index (χ1) is 9.93. The van der Waals surface area contributed by atoms with Crippen LogP contribution in [0.4, 0.5) is 5.69 Å². The van der Waals surface area contributed by atoms with Crippen LogP contribution < -0.4 is 4.74 Å². The van der Waals surface area contributed by atoms with Gasteiger partial charge < -0.3 is 9.84 Å². The maximum atomic E-state index is 11.0. The Morgan fingerprint density at radius 1 is 1.43 bits per heavy atom. The molecule has 1 aromatic carbocycles. The van der Waals surface area contributed by atoms with E-state index in [0.717, 1.165) is 5.56 Å². The molecule has 0 fully saturated rings. The summed E-state index contributed by atoms with van der Waals surface area (Å²) in [5, 5.41) is 23.8. The summed E-state index contributed by atoms with van der Waals surface area (Å²) in [6, 6.07) is 7.07. The minimum Gasteiger partial charge on any atom is -0.497 e. The average molecular weight is 291 g/mol. The number of methoxy groups -OCH3 is 1. The van der Waals surface area contributed by atoms with E-state index in [1.54, 1.807) is 31.4 Å². The van der Waals surface area contributed by atoms with Crippen molar-refractivity contribution in [1.82, 2.24) is 9.78 Å². The molecule has 1 heterocycles. The Hall–Kier alpha value is -2.90. The van der Waals surface area contributed by atoms with Crippen LogP contribution in [0.3, 0.4) is 0 Å². The number of rotatable bonds is 5. The second-order valence-corrected chi connectivity index (χ2v) is 4.35. The molecule has 0 atom stereocenters. The van der Waals surface area contributed by atoms with Gasteiger partial charge in [-0.3, -0.25) is 14.8 Å². The number of aromatic carboxylic acids is 1. The third-order valence-electron chi connectivity index (χ3n) is 3.05. The van der Waals surface area contributed by atoms with Crippen LogP contribution >= 0.6 is 0 Å². The van der Waals surface area contributed by atoms with Crippen LogP contribution in [0, 0.1) is 17.0 Å². The topological polar surface area (TPSA) is 107 Å². The molecule has 0 amide bonds. The number of carbonyl (C=O) groups is 1. The molecular formula is C13H13N3O5. The molecule has 0 aliphatic heterocycles. The SMILES string of the molecule is COc1ccc(Cn2nc(C(=O)O)c([N+](=O)[O-])c2C)cc1. The number of hydrogen-bond acceptors (Lipinski definition) is 5. The lowest BCUT2D eigenvalue weighted by Gasteiger charge is -2.05. The van der Waals surface area contributed by atoms with Crippen molar-refractivity contribution < 1.29 is 19.6 Å². The minimum atomic E-state index is -1.42. The lowest BCUT2D eigenvalue weighted by molar-refractivity contribution is -0.385. The lowest BCUT2D eigenvalue weighted by atomic mass is 10.2. The van der Waals surface area contributed by atoms with Crippen molar-refractivity contribution in [3.63, 3.8) is 0 Å². The molecule has 8 nitrogen and oxygen atoms in total. The summed E-state index contributed by atoms with van der Waals surface area (Å²) in [7, 11) is 1.55. The minimum absolute atomic E-state index is 0.202. The van der Waals surface area contributed by atoms with Crippen molar-refractivity contribution in [2.24, 2.45) is 0 Å². The summed E-state index contributed by atoms with van der Waals surface area (Å²) in [5.74, 6) is -0.730. The van der Waals surface area contributed by atoms with Crippen molar-refractivity contribution in [3.8, 4) is 5.75 Å². The Balaban J connectivity index is 2.37. The predicted octanol–water partition coefficient (Wildman–Crippen LogP) is 1.85. The van der Waals surface area contributed by atoms with E-state index >= 15 is 0 Å². The number of benzene rings is 1. The number of ether oxygens (including phenoxy) is 1. The Morgan fingerprint density at radius 2 is 2.05 bits per heavy atom. The van der Waals surface area contributed by atoms with Gasteiger partial charge in [0.2, 0.25) is 5.69 Å². The summed E-state index contributed by atoms with van der Waals surface area (Å²) >= 11 is 0. The molecule has 2 rings (SSSR count). The van der Waals surface area contributed by atoms with Crippen LogP contribution in [-0.4, -0.2) is 32.9 Å². The summed E-state index contributed by atoms with van der Waals surface area (Å²) < 4.78 is 6.35. The number of nitrogens with zero attached hydrogens (tertiary/aromatic N) is 3. The second-order valence-electron chi connectivity index (χ2n) is 4.35. The molecule has 0 spiro atoms. The fraction of sp³-hybridized carbons (Fsp3) is 0.231. The van der Waals surface area contributed by atoms with E-state index in [0.29, 0.717) is 5.75 Å². The maximum absolute atomic E-state index is 11.0. The quantitative estimate of drug-likeness (QED) is 0.665. The van der Waals surface area contributed by atoms with Crippen molar-refractivity contribution >= 4 is 11.7 Å². The van der Waals surface area contributed by atoms with Crippen LogP contribution in [0.25, 0.3) is 0 Å². The number of carboxylic acids is 1. The average Bonchev–Trinajstić information content (AvgIpc) is 2.77. The zero-order chi connectivity index (χ0) is 15.6. The molecule has 0 radical (unpaired) electrons. The van der Waals surface area contributed by atoms with Gasteiger partial charge in [-0.05, 0) is 24.6 Å². The molecule has 0 bridgehead atoms. The van der Waals surface area contributed by atoms with Crippen molar-refractivity contribution in [2.45, 2.75) is 13.5 Å². The fourth-order valence-electron chi connectivity index (χ4n) is 1.96. The predicted molar refractivity (Wildman–Crippen MR) is 72.7 cm³/mol. The van der Waals surface area contributed by atoms with E-state index in [2.05, 4.69) is 5.10 Å². The number of nitro groups is 1. The van der Waals surface area contributed by atoms with E-state index in [1.807, 2.05) is 0 Å². The maximum Gasteiger partial charge on any atom is 0.363 e. The van der Waals surface area contributed by atoms with E-state index < -0.39 is 22.3 Å². The highest BCUT2D eigenvalue weighted by atomic mass is 16.6. The van der Waals surface area contributed by atoms with Crippen LogP contribution in [0.5, 0.6) is 5.75 Å². The van der Waals surface area contributed by atoms with Crippen LogP contribution in [0.1, 0.15) is 21.7 Å². The molecule has 0 saturated carbocycles. The highest BCUT2D eigenvalue weighted by molar-refractivity contribution is 5.90. The summed E-state index contributed by atoms with van der Waals surface area (Å²) in [4.78, 5) is 21.3. The third kappa shape index (κ3) is 2.83. The van der Waals surface area contributed by atoms with Gasteiger partial charge in [-0.25, -0.2) is 4.79 Å². The summed E-state index contributed by atoms with van der Waals surface area (Å²) in [6.07, 6.45) is 0. The zero-order valence-electron chi connectivity index (χ0n) is 11.4. The van der Waals surface area contributed by atoms with E-state index in [4.69, 9.17) is 9.84 Å². The largest absolute Gasteiger partial charge is 0.497 e. The molecule has 0 unspecified atom stereocenters. The normalized spacial score (nSPS) is 10.4. The summed E-state index contributed by atoms with van der Waals surface area (Å²) in [5.41, 5.74) is 0.00322. The van der Waals surface area contributed by atoms with E-state index in [-0.39, 0.29) is 12.2 Å². The zero-order valence-corrected chi connectivity index (χ0v) is 11.4. The number of carboxylic acid groups (broad SMARTS) is 1. The first kappa shape index (κ1) is 14.5. The van der Waals surface area contributed by atoms with Gasteiger partial charge in [0, 0.05) is 0 Å². The smallest absolute Gasteiger partial charge is 0.363 e. The summed E-state index contributed by atoms with van der Waals surface area (Å²) in [6.45, 7) is 1.71. The highest BCUT2D eigenvalue weighted by Gasteiger charge is 2.29. The molecule has 1 aromatic heterocycles. The molecule has 0 aliphatic carbocycles. The molecule has 2 aromatic rings. The van der Waals surface area contributed by atoms with Gasteiger partial charge in [0.25, 0.3) is 0 Å². The standard InChI is InChI=1S/C13H13N3O5/c1-8-12(16(19)20)11(13(17)18)14-15(8)7-9-3-5-10(21-2)6-4-9/h3-6H,7H2,1-2H3,(H,17,18). The van der Waals surface area contributed by atoms with Crippen molar-refractivity contribution in [1.29, 1.82) is 0 Å². The molecule has 21 heavy (non-hydrogen) atoms. The van der Waals surface area contributed by atoms with Gasteiger partial charge in [0.05, 0.1) is 18.6 Å². The molecule has 8 heteroatoms.